The highest BCUT2D eigenvalue weighted by Crippen LogP contribution is 2.43. The van der Waals surface area contributed by atoms with Gasteiger partial charge in [-0.25, -0.2) is 0 Å². The lowest BCUT2D eigenvalue weighted by atomic mass is 9.91. The van der Waals surface area contributed by atoms with Crippen molar-refractivity contribution < 1.29 is 62.5 Å². The summed E-state index contributed by atoms with van der Waals surface area (Å²) in [5.41, 5.74) is 3.02. The van der Waals surface area contributed by atoms with Crippen LogP contribution in [0.5, 0.6) is 5.75 Å². The van der Waals surface area contributed by atoms with Crippen LogP contribution in [0.15, 0.2) is 77.7 Å². The van der Waals surface area contributed by atoms with Crippen LogP contribution >= 0.6 is 24.0 Å². The predicted octanol–water partition coefficient (Wildman–Crippen LogP) is 5.72. The molecule has 16 heteroatoms. The molecule has 3 N–H and O–H groups in total. The number of carbonyl (C=O) groups is 4. The first-order chi connectivity index (χ1) is 27.2. The van der Waals surface area contributed by atoms with Crippen molar-refractivity contribution >= 4 is 58.5 Å². The number of ether oxygens (including phenoxy) is 7. The van der Waals surface area contributed by atoms with E-state index in [9.17, 15) is 29.4 Å². The number of aliphatic hydroxyl groups excluding tert-OH is 1. The second kappa shape index (κ2) is 20.2. The van der Waals surface area contributed by atoms with Gasteiger partial charge in [0.1, 0.15) is 24.6 Å². The third-order valence-corrected chi connectivity index (χ3v) is 10.7. The van der Waals surface area contributed by atoms with Crippen molar-refractivity contribution in [2.75, 3.05) is 17.7 Å². The molecule has 2 heterocycles. The molecule has 14 nitrogen and oxygen atoms in total. The first kappa shape index (κ1) is 43.5. The van der Waals surface area contributed by atoms with Gasteiger partial charge >= 0.3 is 23.9 Å². The molecule has 0 radical (unpaired) electrons. The number of rotatable bonds is 14. The van der Waals surface area contributed by atoms with Gasteiger partial charge in [0.25, 0.3) is 0 Å². The monoisotopic (exact) mass is 825 g/mol. The predicted molar refractivity (Wildman–Crippen MR) is 211 cm³/mol. The van der Waals surface area contributed by atoms with Crippen LogP contribution in [0.3, 0.4) is 0 Å². The van der Waals surface area contributed by atoms with Gasteiger partial charge in [-0.15, -0.1) is 11.8 Å². The summed E-state index contributed by atoms with van der Waals surface area (Å²) >= 11 is 7.38. The molecule has 0 aromatic heterocycles. The van der Waals surface area contributed by atoms with Crippen molar-refractivity contribution in [2.24, 2.45) is 5.92 Å². The Kier molecular flexibility index (Phi) is 15.4. The summed E-state index contributed by atoms with van der Waals surface area (Å²) in [6.45, 7) is 6.35. The molecule has 0 bridgehead atoms. The molecule has 0 saturated carbocycles. The smallest absolute Gasteiger partial charge is 0.303 e. The van der Waals surface area contributed by atoms with E-state index in [0.29, 0.717) is 17.0 Å². The lowest BCUT2D eigenvalue weighted by Crippen LogP contribution is -2.62. The summed E-state index contributed by atoms with van der Waals surface area (Å²) in [4.78, 5) is 49.6. The minimum absolute atomic E-state index is 0.0466. The molecule has 0 amide bonds. The standard InChI is InChI=1S/C41H47NO13S2/c1-22-35(21-57-32-15-13-31(48)14-16-32)54-41(55-37(22)28-11-9-27(19-43)10-12-28)29-7-6-8-30(17-29)42-36(56)18-33-38(50-24(3)45)40(52-26(5)47)39(51-25(4)46)34(53-33)20-49-23(2)44/h6-17,22,33-35,37-41,43,48H,18-21H2,1-5H3,(H,42,56). The second-order valence-electron chi connectivity index (χ2n) is 13.7. The van der Waals surface area contributed by atoms with E-state index in [1.54, 1.807) is 30.0 Å². The van der Waals surface area contributed by atoms with E-state index < -0.39 is 60.7 Å². The normalized spacial score (nSPS) is 25.8. The number of hydrogen-bond acceptors (Lipinski definition) is 15. The van der Waals surface area contributed by atoms with Crippen LogP contribution < -0.4 is 5.32 Å². The van der Waals surface area contributed by atoms with Crippen molar-refractivity contribution in [3.05, 3.63) is 89.5 Å². The maximum Gasteiger partial charge on any atom is 0.303 e. The lowest BCUT2D eigenvalue weighted by Gasteiger charge is -2.44. The van der Waals surface area contributed by atoms with Crippen molar-refractivity contribution in [1.29, 1.82) is 0 Å². The maximum atomic E-state index is 12.3. The van der Waals surface area contributed by atoms with Crippen molar-refractivity contribution in [2.45, 2.75) is 102 Å². The second-order valence-corrected chi connectivity index (χ2v) is 15.3. The molecule has 9 atom stereocenters. The van der Waals surface area contributed by atoms with Crippen LogP contribution in [0.1, 0.15) is 70.1 Å². The number of phenols is 1. The largest absolute Gasteiger partial charge is 0.508 e. The molecule has 0 spiro atoms. The Bertz CT molecular complexity index is 1870. The van der Waals surface area contributed by atoms with E-state index in [2.05, 4.69) is 12.2 Å². The molecule has 3 aromatic carbocycles. The Morgan fingerprint density at radius 2 is 1.39 bits per heavy atom. The summed E-state index contributed by atoms with van der Waals surface area (Å²) in [5.74, 6) is -2.04. The Morgan fingerprint density at radius 1 is 0.754 bits per heavy atom. The summed E-state index contributed by atoms with van der Waals surface area (Å²) in [6, 6.07) is 22.0. The van der Waals surface area contributed by atoms with E-state index in [1.165, 1.54) is 13.8 Å². The number of hydrogen-bond donors (Lipinski definition) is 3. The number of esters is 4. The number of nitrogens with one attached hydrogen (secondary N) is 1. The van der Waals surface area contributed by atoms with Crippen molar-refractivity contribution in [3.63, 3.8) is 0 Å². The van der Waals surface area contributed by atoms with Crippen LogP contribution in [0.25, 0.3) is 0 Å². The minimum atomic E-state index is -1.31. The highest BCUT2D eigenvalue weighted by Gasteiger charge is 2.52. The molecule has 2 aliphatic heterocycles. The van der Waals surface area contributed by atoms with Gasteiger partial charge in [-0.05, 0) is 47.5 Å². The molecule has 2 aliphatic rings. The van der Waals surface area contributed by atoms with E-state index in [-0.39, 0.29) is 48.5 Å². The summed E-state index contributed by atoms with van der Waals surface area (Å²) in [6.07, 6.45) is -7.36. The maximum absolute atomic E-state index is 12.3. The first-order valence-electron chi connectivity index (χ1n) is 18.3. The average Bonchev–Trinajstić information content (AvgIpc) is 3.16. The summed E-state index contributed by atoms with van der Waals surface area (Å²) in [5, 5.41) is 22.6. The number of thioether (sulfide) groups is 1. The molecule has 3 aromatic rings. The fourth-order valence-corrected chi connectivity index (χ4v) is 8.02. The number of phenolic OH excluding ortho intramolecular Hbond substituents is 1. The molecule has 306 valence electrons. The van der Waals surface area contributed by atoms with Crippen LogP contribution in [0.2, 0.25) is 0 Å². The number of thiocarbonyl (C=S) groups is 1. The van der Waals surface area contributed by atoms with E-state index in [0.717, 1.165) is 29.9 Å². The van der Waals surface area contributed by atoms with Gasteiger partial charge in [0.15, 0.2) is 24.6 Å². The fourth-order valence-electron chi connectivity index (χ4n) is 6.67. The Hall–Kier alpha value is -4.58. The molecule has 5 rings (SSSR count). The zero-order valence-electron chi connectivity index (χ0n) is 32.2. The molecule has 2 saturated heterocycles. The van der Waals surface area contributed by atoms with Crippen LogP contribution in [-0.2, 0) is 58.9 Å². The van der Waals surface area contributed by atoms with Gasteiger partial charge in [-0.1, -0.05) is 55.5 Å². The molecule has 57 heavy (non-hydrogen) atoms. The first-order valence-corrected chi connectivity index (χ1v) is 19.7. The number of carbonyl (C=O) groups excluding carboxylic acids is 4. The van der Waals surface area contributed by atoms with Gasteiger partial charge in [0.05, 0.1) is 23.8 Å². The molecule has 9 unspecified atom stereocenters. The van der Waals surface area contributed by atoms with E-state index in [1.807, 2.05) is 54.6 Å². The van der Waals surface area contributed by atoms with Gasteiger partial charge in [-0.2, -0.15) is 0 Å². The quantitative estimate of drug-likeness (QED) is 0.0775. The van der Waals surface area contributed by atoms with Crippen LogP contribution in [0.4, 0.5) is 5.69 Å². The Morgan fingerprint density at radius 3 is 2.00 bits per heavy atom. The zero-order chi connectivity index (χ0) is 41.2. The summed E-state index contributed by atoms with van der Waals surface area (Å²) in [7, 11) is 0. The average molecular weight is 826 g/mol. The third kappa shape index (κ3) is 12.2. The lowest BCUT2D eigenvalue weighted by molar-refractivity contribution is -0.268. The zero-order valence-corrected chi connectivity index (χ0v) is 33.8. The highest BCUT2D eigenvalue weighted by molar-refractivity contribution is 7.99. The van der Waals surface area contributed by atoms with E-state index in [4.69, 9.17) is 45.4 Å². The van der Waals surface area contributed by atoms with Gasteiger partial charge in [0, 0.05) is 61.9 Å². The van der Waals surface area contributed by atoms with Crippen molar-refractivity contribution in [3.8, 4) is 5.75 Å². The molecular weight excluding hydrogens is 779 g/mol. The fraction of sp³-hybridized carbons (Fsp3) is 0.439. The SMILES string of the molecule is CC(=O)OCC1OC(CC(=S)Nc2cccc(C3OC(CSc4ccc(O)cc4)C(C)C(c4ccc(CO)cc4)O3)c2)C(OC(C)=O)C(OC(C)=O)C1OC(C)=O. The molecule has 0 aliphatic carbocycles. The van der Waals surface area contributed by atoms with Gasteiger partial charge in [-0.3, -0.25) is 19.2 Å². The topological polar surface area (TPSA) is 185 Å². The van der Waals surface area contributed by atoms with Crippen LogP contribution in [-0.4, -0.2) is 88.1 Å². The molecule has 2 fully saturated rings. The highest BCUT2D eigenvalue weighted by atomic mass is 32.2. The van der Waals surface area contributed by atoms with Crippen molar-refractivity contribution in [1.82, 2.24) is 0 Å². The number of aliphatic hydroxyl groups is 1. The Labute approximate surface area is 340 Å². The van der Waals surface area contributed by atoms with E-state index >= 15 is 0 Å². The summed E-state index contributed by atoms with van der Waals surface area (Å²) < 4.78 is 41.3. The number of benzene rings is 3. The van der Waals surface area contributed by atoms with Gasteiger partial charge < -0.3 is 48.7 Å². The molecular formula is C41H47NO13S2. The van der Waals surface area contributed by atoms with Crippen LogP contribution in [0, 0.1) is 5.92 Å². The third-order valence-electron chi connectivity index (χ3n) is 9.29. The van der Waals surface area contributed by atoms with Gasteiger partial charge in [0.2, 0.25) is 0 Å². The number of aromatic hydroxyl groups is 1. The Balaban J connectivity index is 1.37. The minimum Gasteiger partial charge on any atom is -0.508 e. The number of anilines is 1.